The fourth-order valence-corrected chi connectivity index (χ4v) is 2.60. The van der Waals surface area contributed by atoms with Gasteiger partial charge in [0.2, 0.25) is 0 Å². The second-order valence-electron chi connectivity index (χ2n) is 5.90. The van der Waals surface area contributed by atoms with Crippen molar-refractivity contribution in [2.24, 2.45) is 0 Å². The summed E-state index contributed by atoms with van der Waals surface area (Å²) in [7, 11) is 4.01. The van der Waals surface area contributed by atoms with Crippen molar-refractivity contribution < 1.29 is 4.79 Å². The van der Waals surface area contributed by atoms with Crippen LogP contribution in [0, 0.1) is 0 Å². The smallest absolute Gasteiger partial charge is 0.319 e. The Morgan fingerprint density at radius 1 is 0.917 bits per heavy atom. The first-order valence-electron chi connectivity index (χ1n) is 7.92. The Kier molecular flexibility index (Phi) is 4.66. The van der Waals surface area contributed by atoms with Gasteiger partial charge in [0, 0.05) is 31.7 Å². The third kappa shape index (κ3) is 3.66. The molecule has 0 saturated carbocycles. The van der Waals surface area contributed by atoms with E-state index in [1.165, 1.54) is 0 Å². The molecule has 4 nitrogen and oxygen atoms in total. The molecule has 2 amide bonds. The van der Waals surface area contributed by atoms with Crippen LogP contribution in [0.15, 0.2) is 66.7 Å². The molecule has 0 aliphatic carbocycles. The molecule has 0 atom stereocenters. The maximum atomic E-state index is 12.2. The van der Waals surface area contributed by atoms with E-state index in [-0.39, 0.29) is 6.03 Å². The van der Waals surface area contributed by atoms with Crippen molar-refractivity contribution in [1.29, 1.82) is 0 Å². The number of carbonyl (C=O) groups excluding carboxylic acids is 1. The molecule has 122 valence electrons. The second kappa shape index (κ2) is 7.04. The van der Waals surface area contributed by atoms with Crippen molar-refractivity contribution in [3.8, 4) is 0 Å². The van der Waals surface area contributed by atoms with Crippen LogP contribution in [0.3, 0.4) is 0 Å². The van der Waals surface area contributed by atoms with E-state index in [0.29, 0.717) is 6.54 Å². The lowest BCUT2D eigenvalue weighted by Gasteiger charge is -2.13. The largest absolute Gasteiger partial charge is 0.378 e. The zero-order chi connectivity index (χ0) is 16.9. The van der Waals surface area contributed by atoms with E-state index in [1.54, 1.807) is 0 Å². The van der Waals surface area contributed by atoms with E-state index < -0.39 is 0 Å². The molecule has 2 N–H and O–H groups in total. The molecule has 0 radical (unpaired) electrons. The van der Waals surface area contributed by atoms with Crippen LogP contribution >= 0.6 is 0 Å². The van der Waals surface area contributed by atoms with Gasteiger partial charge in [-0.1, -0.05) is 48.5 Å². The number of carbonyl (C=O) groups is 1. The minimum absolute atomic E-state index is 0.206. The Morgan fingerprint density at radius 2 is 1.62 bits per heavy atom. The van der Waals surface area contributed by atoms with Crippen LogP contribution in [0.2, 0.25) is 0 Å². The normalized spacial score (nSPS) is 10.4. The van der Waals surface area contributed by atoms with Gasteiger partial charge in [-0.05, 0) is 29.1 Å². The van der Waals surface area contributed by atoms with E-state index in [1.807, 2.05) is 85.7 Å². The summed E-state index contributed by atoms with van der Waals surface area (Å²) in [6, 6.07) is 21.8. The summed E-state index contributed by atoms with van der Waals surface area (Å²) in [5.41, 5.74) is 3.01. The first kappa shape index (κ1) is 15.9. The Balaban J connectivity index is 1.63. The predicted octanol–water partition coefficient (Wildman–Crippen LogP) is 4.23. The zero-order valence-corrected chi connectivity index (χ0v) is 13.9. The van der Waals surface area contributed by atoms with Gasteiger partial charge < -0.3 is 15.5 Å². The van der Waals surface area contributed by atoms with Gasteiger partial charge in [0.25, 0.3) is 0 Å². The molecule has 0 fully saturated rings. The number of amides is 2. The molecular weight excluding hydrogens is 298 g/mol. The van der Waals surface area contributed by atoms with Gasteiger partial charge in [0.15, 0.2) is 0 Å². The van der Waals surface area contributed by atoms with E-state index in [0.717, 1.165) is 27.7 Å². The topological polar surface area (TPSA) is 44.4 Å². The average molecular weight is 319 g/mol. The van der Waals surface area contributed by atoms with Crippen LogP contribution in [-0.4, -0.2) is 20.1 Å². The number of benzene rings is 3. The van der Waals surface area contributed by atoms with E-state index in [2.05, 4.69) is 10.6 Å². The standard InChI is InChI=1S/C20H21N3O/c1-23(2)17-12-10-15(11-13-17)14-21-20(24)22-19-9-5-7-16-6-3-4-8-18(16)19/h3-13H,14H2,1-2H3,(H2,21,22,24). The number of urea groups is 1. The molecule has 0 aliphatic rings. The van der Waals surface area contributed by atoms with Gasteiger partial charge >= 0.3 is 6.03 Å². The predicted molar refractivity (Wildman–Crippen MR) is 101 cm³/mol. The van der Waals surface area contributed by atoms with E-state index >= 15 is 0 Å². The second-order valence-corrected chi connectivity index (χ2v) is 5.90. The lowest BCUT2D eigenvalue weighted by Crippen LogP contribution is -2.28. The molecule has 0 spiro atoms. The van der Waals surface area contributed by atoms with Crippen LogP contribution in [-0.2, 0) is 6.54 Å². The number of hydrogen-bond acceptors (Lipinski definition) is 2. The fourth-order valence-electron chi connectivity index (χ4n) is 2.60. The highest BCUT2D eigenvalue weighted by Crippen LogP contribution is 2.22. The van der Waals surface area contributed by atoms with Gasteiger partial charge in [0.05, 0.1) is 5.69 Å². The Morgan fingerprint density at radius 3 is 2.38 bits per heavy atom. The molecular formula is C20H21N3O. The maximum absolute atomic E-state index is 12.2. The highest BCUT2D eigenvalue weighted by molar-refractivity contribution is 6.01. The molecule has 0 aromatic heterocycles. The first-order chi connectivity index (χ1) is 11.6. The summed E-state index contributed by atoms with van der Waals surface area (Å²) in [6.07, 6.45) is 0. The zero-order valence-electron chi connectivity index (χ0n) is 13.9. The van der Waals surface area contributed by atoms with Gasteiger partial charge in [-0.2, -0.15) is 0 Å². The summed E-state index contributed by atoms with van der Waals surface area (Å²) < 4.78 is 0. The SMILES string of the molecule is CN(C)c1ccc(CNC(=O)Nc2cccc3ccccc23)cc1. The Bertz CT molecular complexity index is 836. The Hall–Kier alpha value is -3.01. The monoisotopic (exact) mass is 319 g/mol. The number of hydrogen-bond donors (Lipinski definition) is 2. The van der Waals surface area contributed by atoms with Gasteiger partial charge in [-0.25, -0.2) is 4.79 Å². The summed E-state index contributed by atoms with van der Waals surface area (Å²) in [4.78, 5) is 14.2. The minimum atomic E-state index is -0.206. The third-order valence-corrected chi connectivity index (χ3v) is 3.94. The van der Waals surface area contributed by atoms with E-state index in [9.17, 15) is 4.79 Å². The molecule has 0 heterocycles. The van der Waals surface area contributed by atoms with Crippen LogP contribution in [0.1, 0.15) is 5.56 Å². The fraction of sp³-hybridized carbons (Fsp3) is 0.150. The molecule has 0 unspecified atom stereocenters. The molecule has 3 aromatic carbocycles. The molecule has 24 heavy (non-hydrogen) atoms. The van der Waals surface area contributed by atoms with Gasteiger partial charge in [-0.15, -0.1) is 0 Å². The Labute approximate surface area is 142 Å². The van der Waals surface area contributed by atoms with Crippen LogP contribution in [0.4, 0.5) is 16.2 Å². The summed E-state index contributed by atoms with van der Waals surface area (Å²) in [5, 5.41) is 7.96. The maximum Gasteiger partial charge on any atom is 0.319 e. The van der Waals surface area contributed by atoms with E-state index in [4.69, 9.17) is 0 Å². The minimum Gasteiger partial charge on any atom is -0.378 e. The molecule has 0 saturated heterocycles. The average Bonchev–Trinajstić information content (AvgIpc) is 2.61. The first-order valence-corrected chi connectivity index (χ1v) is 7.92. The molecule has 0 aliphatic heterocycles. The van der Waals surface area contributed by atoms with Crippen molar-refractivity contribution in [1.82, 2.24) is 5.32 Å². The number of rotatable bonds is 4. The van der Waals surface area contributed by atoms with Crippen LogP contribution < -0.4 is 15.5 Å². The quantitative estimate of drug-likeness (QED) is 0.756. The highest BCUT2D eigenvalue weighted by atomic mass is 16.2. The van der Waals surface area contributed by atoms with Crippen molar-refractivity contribution >= 4 is 28.2 Å². The van der Waals surface area contributed by atoms with Gasteiger partial charge in [-0.3, -0.25) is 0 Å². The molecule has 3 rings (SSSR count). The van der Waals surface area contributed by atoms with Gasteiger partial charge in [0.1, 0.15) is 0 Å². The van der Waals surface area contributed by atoms with Crippen molar-refractivity contribution in [2.45, 2.75) is 6.54 Å². The summed E-state index contributed by atoms with van der Waals surface area (Å²) >= 11 is 0. The number of nitrogens with zero attached hydrogens (tertiary/aromatic N) is 1. The molecule has 4 heteroatoms. The number of nitrogens with one attached hydrogen (secondary N) is 2. The third-order valence-electron chi connectivity index (χ3n) is 3.94. The molecule has 0 bridgehead atoms. The van der Waals surface area contributed by atoms with Crippen molar-refractivity contribution in [2.75, 3.05) is 24.3 Å². The van der Waals surface area contributed by atoms with Crippen LogP contribution in [0.25, 0.3) is 10.8 Å². The molecule has 3 aromatic rings. The highest BCUT2D eigenvalue weighted by Gasteiger charge is 2.05. The lowest BCUT2D eigenvalue weighted by atomic mass is 10.1. The van der Waals surface area contributed by atoms with Crippen molar-refractivity contribution in [3.05, 3.63) is 72.3 Å². The number of anilines is 2. The number of fused-ring (bicyclic) bond motifs is 1. The van der Waals surface area contributed by atoms with Crippen LogP contribution in [0.5, 0.6) is 0 Å². The lowest BCUT2D eigenvalue weighted by molar-refractivity contribution is 0.252. The summed E-state index contributed by atoms with van der Waals surface area (Å²) in [6.45, 7) is 0.490. The summed E-state index contributed by atoms with van der Waals surface area (Å²) in [5.74, 6) is 0. The van der Waals surface area contributed by atoms with Crippen molar-refractivity contribution in [3.63, 3.8) is 0 Å².